The smallest absolute Gasteiger partial charge is 0.338 e. The number of ether oxygens (including phenoxy) is 1. The Bertz CT molecular complexity index is 457. The van der Waals surface area contributed by atoms with Crippen LogP contribution >= 0.6 is 11.6 Å². The lowest BCUT2D eigenvalue weighted by Gasteiger charge is -2.05. The standard InChI is InChI=1S/C12H13ClN2O3/c1-8(13)7-18-11(16)10-4-2-9(3-5-10)6-15-12(14)17/h2-5H,1,6-7H2,(H3,14,15,17). The molecule has 0 saturated heterocycles. The van der Waals surface area contributed by atoms with E-state index in [2.05, 4.69) is 11.9 Å². The molecule has 0 aliphatic rings. The van der Waals surface area contributed by atoms with Crippen LogP contribution in [0.25, 0.3) is 0 Å². The molecule has 96 valence electrons. The van der Waals surface area contributed by atoms with Gasteiger partial charge in [0.2, 0.25) is 0 Å². The van der Waals surface area contributed by atoms with Gasteiger partial charge in [0, 0.05) is 11.6 Å². The molecule has 0 aromatic heterocycles. The second-order valence-corrected chi connectivity index (χ2v) is 4.04. The maximum absolute atomic E-state index is 11.5. The molecule has 1 aromatic carbocycles. The Balaban J connectivity index is 2.56. The third-order valence-corrected chi connectivity index (χ3v) is 2.13. The summed E-state index contributed by atoms with van der Waals surface area (Å²) < 4.78 is 4.87. The van der Waals surface area contributed by atoms with Crippen molar-refractivity contribution in [2.24, 2.45) is 5.73 Å². The predicted octanol–water partition coefficient (Wildman–Crippen LogP) is 1.76. The average molecular weight is 269 g/mol. The molecule has 0 atom stereocenters. The van der Waals surface area contributed by atoms with Gasteiger partial charge in [0.05, 0.1) is 5.56 Å². The normalized spacial score (nSPS) is 9.61. The number of hydrogen-bond acceptors (Lipinski definition) is 3. The summed E-state index contributed by atoms with van der Waals surface area (Å²) in [5.41, 5.74) is 6.17. The molecule has 0 bridgehead atoms. The Labute approximate surface area is 110 Å². The first-order chi connectivity index (χ1) is 8.49. The number of benzene rings is 1. The summed E-state index contributed by atoms with van der Waals surface area (Å²) in [6.45, 7) is 3.70. The van der Waals surface area contributed by atoms with E-state index in [0.717, 1.165) is 5.56 Å². The lowest BCUT2D eigenvalue weighted by Crippen LogP contribution is -2.28. The van der Waals surface area contributed by atoms with Gasteiger partial charge in [-0.15, -0.1) is 0 Å². The number of carbonyl (C=O) groups is 2. The number of carbonyl (C=O) groups excluding carboxylic acids is 2. The molecule has 0 aliphatic heterocycles. The monoisotopic (exact) mass is 268 g/mol. The molecule has 0 saturated carbocycles. The number of nitrogens with two attached hydrogens (primary N) is 1. The van der Waals surface area contributed by atoms with Gasteiger partial charge in [-0.2, -0.15) is 0 Å². The zero-order chi connectivity index (χ0) is 13.5. The Morgan fingerprint density at radius 3 is 2.44 bits per heavy atom. The molecular weight excluding hydrogens is 256 g/mol. The molecule has 0 fully saturated rings. The summed E-state index contributed by atoms with van der Waals surface area (Å²) in [5, 5.41) is 2.70. The Hall–Kier alpha value is -2.01. The fourth-order valence-corrected chi connectivity index (χ4v) is 1.23. The molecular formula is C12H13ClN2O3. The van der Waals surface area contributed by atoms with Crippen molar-refractivity contribution in [1.82, 2.24) is 5.32 Å². The van der Waals surface area contributed by atoms with E-state index in [0.29, 0.717) is 12.1 Å². The van der Waals surface area contributed by atoms with Crippen LogP contribution in [-0.4, -0.2) is 18.6 Å². The van der Waals surface area contributed by atoms with Crippen molar-refractivity contribution >= 4 is 23.6 Å². The summed E-state index contributed by atoms with van der Waals surface area (Å²) in [7, 11) is 0. The van der Waals surface area contributed by atoms with Crippen molar-refractivity contribution < 1.29 is 14.3 Å². The van der Waals surface area contributed by atoms with E-state index in [-0.39, 0.29) is 11.6 Å². The van der Waals surface area contributed by atoms with Crippen LogP contribution in [0, 0.1) is 0 Å². The van der Waals surface area contributed by atoms with Crippen LogP contribution in [0.5, 0.6) is 0 Å². The fourth-order valence-electron chi connectivity index (χ4n) is 1.18. The predicted molar refractivity (Wildman–Crippen MR) is 68.1 cm³/mol. The Morgan fingerprint density at radius 2 is 1.94 bits per heavy atom. The lowest BCUT2D eigenvalue weighted by atomic mass is 10.1. The van der Waals surface area contributed by atoms with E-state index in [4.69, 9.17) is 22.1 Å². The van der Waals surface area contributed by atoms with Crippen molar-refractivity contribution in [2.45, 2.75) is 6.54 Å². The third kappa shape index (κ3) is 4.88. The topological polar surface area (TPSA) is 81.4 Å². The number of esters is 1. The highest BCUT2D eigenvalue weighted by Gasteiger charge is 2.07. The van der Waals surface area contributed by atoms with Gasteiger partial charge in [-0.3, -0.25) is 0 Å². The molecule has 1 aromatic rings. The minimum Gasteiger partial charge on any atom is -0.456 e. The number of halogens is 1. The van der Waals surface area contributed by atoms with Crippen molar-refractivity contribution in [2.75, 3.05) is 6.61 Å². The molecule has 0 aliphatic carbocycles. The molecule has 3 N–H and O–H groups in total. The number of nitrogens with one attached hydrogen (secondary N) is 1. The van der Waals surface area contributed by atoms with Crippen LogP contribution in [0.3, 0.4) is 0 Å². The number of urea groups is 1. The van der Waals surface area contributed by atoms with Crippen LogP contribution in [0.4, 0.5) is 4.79 Å². The maximum Gasteiger partial charge on any atom is 0.338 e. The van der Waals surface area contributed by atoms with Gasteiger partial charge in [0.25, 0.3) is 0 Å². The van der Waals surface area contributed by atoms with Gasteiger partial charge in [-0.1, -0.05) is 30.3 Å². The van der Waals surface area contributed by atoms with Gasteiger partial charge in [0.1, 0.15) is 6.61 Å². The highest BCUT2D eigenvalue weighted by molar-refractivity contribution is 6.29. The molecule has 0 unspecified atom stereocenters. The Morgan fingerprint density at radius 1 is 1.33 bits per heavy atom. The molecule has 1 rings (SSSR count). The lowest BCUT2D eigenvalue weighted by molar-refractivity contribution is 0.0546. The van der Waals surface area contributed by atoms with Crippen molar-refractivity contribution in [3.63, 3.8) is 0 Å². The van der Waals surface area contributed by atoms with E-state index in [1.165, 1.54) is 0 Å². The van der Waals surface area contributed by atoms with Crippen molar-refractivity contribution in [3.8, 4) is 0 Å². The molecule has 0 spiro atoms. The molecule has 5 nitrogen and oxygen atoms in total. The minimum absolute atomic E-state index is 0.0224. The summed E-state index contributed by atoms with van der Waals surface area (Å²) in [6.07, 6.45) is 0. The highest BCUT2D eigenvalue weighted by Crippen LogP contribution is 2.07. The van der Waals surface area contributed by atoms with Gasteiger partial charge in [0.15, 0.2) is 0 Å². The van der Waals surface area contributed by atoms with Crippen LogP contribution < -0.4 is 11.1 Å². The quantitative estimate of drug-likeness (QED) is 0.799. The van der Waals surface area contributed by atoms with Gasteiger partial charge < -0.3 is 15.8 Å². The maximum atomic E-state index is 11.5. The van der Waals surface area contributed by atoms with Crippen LogP contribution in [0.1, 0.15) is 15.9 Å². The van der Waals surface area contributed by atoms with E-state index in [1.807, 2.05) is 0 Å². The van der Waals surface area contributed by atoms with Gasteiger partial charge in [-0.25, -0.2) is 9.59 Å². The number of rotatable bonds is 5. The van der Waals surface area contributed by atoms with Crippen molar-refractivity contribution in [3.05, 3.63) is 47.0 Å². The first-order valence-electron chi connectivity index (χ1n) is 5.11. The van der Waals surface area contributed by atoms with Crippen LogP contribution in [0.15, 0.2) is 35.9 Å². The average Bonchev–Trinajstić information content (AvgIpc) is 2.34. The van der Waals surface area contributed by atoms with Crippen molar-refractivity contribution in [1.29, 1.82) is 0 Å². The molecule has 18 heavy (non-hydrogen) atoms. The number of primary amides is 1. The fraction of sp³-hybridized carbons (Fsp3) is 0.167. The summed E-state index contributed by atoms with van der Waals surface area (Å²) in [6, 6.07) is 5.98. The Kier molecular flexibility index (Phi) is 5.20. The molecule has 0 radical (unpaired) electrons. The number of amides is 2. The zero-order valence-electron chi connectivity index (χ0n) is 9.61. The molecule has 2 amide bonds. The SMILES string of the molecule is C=C(Cl)COC(=O)c1ccc(CNC(N)=O)cc1. The van der Waals surface area contributed by atoms with E-state index >= 15 is 0 Å². The van der Waals surface area contributed by atoms with E-state index < -0.39 is 12.0 Å². The first-order valence-corrected chi connectivity index (χ1v) is 5.49. The molecule has 6 heteroatoms. The van der Waals surface area contributed by atoms with Gasteiger partial charge >= 0.3 is 12.0 Å². The largest absolute Gasteiger partial charge is 0.456 e. The third-order valence-electron chi connectivity index (χ3n) is 2.02. The highest BCUT2D eigenvalue weighted by atomic mass is 35.5. The summed E-state index contributed by atoms with van der Waals surface area (Å²) >= 11 is 5.48. The van der Waals surface area contributed by atoms with Gasteiger partial charge in [-0.05, 0) is 17.7 Å². The second kappa shape index (κ2) is 6.66. The minimum atomic E-state index is -0.598. The zero-order valence-corrected chi connectivity index (χ0v) is 10.4. The summed E-state index contributed by atoms with van der Waals surface area (Å²) in [4.78, 5) is 22.0. The first kappa shape index (κ1) is 14.1. The van der Waals surface area contributed by atoms with Crippen LogP contribution in [0.2, 0.25) is 0 Å². The second-order valence-electron chi connectivity index (χ2n) is 3.51. The van der Waals surface area contributed by atoms with E-state index in [9.17, 15) is 9.59 Å². The van der Waals surface area contributed by atoms with E-state index in [1.54, 1.807) is 24.3 Å². The summed E-state index contributed by atoms with van der Waals surface area (Å²) in [5.74, 6) is -0.480. The van der Waals surface area contributed by atoms with Crippen LogP contribution in [-0.2, 0) is 11.3 Å². The molecule has 0 heterocycles. The number of hydrogen-bond donors (Lipinski definition) is 2.